The minimum atomic E-state index is 0.101. The number of nitrogens with zero attached hydrogens (tertiary/aromatic N) is 2. The molecule has 0 bridgehead atoms. The van der Waals surface area contributed by atoms with Gasteiger partial charge in [0.1, 0.15) is 0 Å². The van der Waals surface area contributed by atoms with Crippen molar-refractivity contribution in [2.75, 3.05) is 6.54 Å². The first kappa shape index (κ1) is 11.7. The summed E-state index contributed by atoms with van der Waals surface area (Å²) in [6, 6.07) is 0.729. The monoisotopic (exact) mass is 248 g/mol. The van der Waals surface area contributed by atoms with E-state index in [1.165, 1.54) is 24.1 Å². The normalized spacial score (nSPS) is 22.6. The maximum Gasteiger partial charge on any atom is 0.234 e. The largest absolute Gasteiger partial charge is 0.348 e. The third-order valence-electron chi connectivity index (χ3n) is 3.84. The van der Waals surface area contributed by atoms with Crippen LogP contribution in [0.2, 0.25) is 0 Å². The highest BCUT2D eigenvalue weighted by molar-refractivity contribution is 5.78. The Morgan fingerprint density at radius 2 is 2.33 bits per heavy atom. The van der Waals surface area contributed by atoms with Gasteiger partial charge < -0.3 is 10.6 Å². The predicted molar refractivity (Wildman–Crippen MR) is 68.1 cm³/mol. The fraction of sp³-hybridized carbons (Fsp3) is 0.692. The van der Waals surface area contributed by atoms with Gasteiger partial charge in [-0.15, -0.1) is 0 Å². The van der Waals surface area contributed by atoms with Crippen molar-refractivity contribution in [3.63, 3.8) is 0 Å². The molecule has 3 rings (SSSR count). The van der Waals surface area contributed by atoms with Gasteiger partial charge in [0.25, 0.3) is 0 Å². The number of carbonyl (C=O) groups excluding carboxylic acids is 1. The second-order valence-electron chi connectivity index (χ2n) is 5.34. The van der Waals surface area contributed by atoms with Gasteiger partial charge in [-0.05, 0) is 32.1 Å². The number of aromatic nitrogens is 2. The van der Waals surface area contributed by atoms with Crippen LogP contribution in [0.5, 0.6) is 0 Å². The summed E-state index contributed by atoms with van der Waals surface area (Å²) in [4.78, 5) is 11.9. The molecule has 1 aromatic rings. The second-order valence-corrected chi connectivity index (χ2v) is 5.34. The summed E-state index contributed by atoms with van der Waals surface area (Å²) >= 11 is 0. The van der Waals surface area contributed by atoms with Crippen molar-refractivity contribution in [3.05, 3.63) is 17.5 Å². The molecule has 18 heavy (non-hydrogen) atoms. The molecule has 0 aromatic carbocycles. The predicted octanol–water partition coefficient (Wildman–Crippen LogP) is 0.666. The first-order valence-electron chi connectivity index (χ1n) is 6.77. The molecule has 1 heterocycles. The van der Waals surface area contributed by atoms with Gasteiger partial charge in [0.15, 0.2) is 0 Å². The molecule has 2 aliphatic carbocycles. The van der Waals surface area contributed by atoms with E-state index in [1.54, 1.807) is 0 Å². The van der Waals surface area contributed by atoms with Crippen LogP contribution in [0.4, 0.5) is 0 Å². The molecule has 5 nitrogen and oxygen atoms in total. The van der Waals surface area contributed by atoms with Gasteiger partial charge in [0, 0.05) is 24.3 Å². The minimum absolute atomic E-state index is 0.101. The van der Waals surface area contributed by atoms with E-state index in [0.717, 1.165) is 19.3 Å². The smallest absolute Gasteiger partial charge is 0.234 e. The topological polar surface area (TPSA) is 59.0 Å². The molecule has 0 aliphatic heterocycles. The lowest BCUT2D eigenvalue weighted by molar-refractivity contribution is -0.121. The quantitative estimate of drug-likeness (QED) is 0.823. The Morgan fingerprint density at radius 3 is 3.11 bits per heavy atom. The Bertz CT molecular complexity index is 450. The average molecular weight is 248 g/mol. The summed E-state index contributed by atoms with van der Waals surface area (Å²) in [7, 11) is 1.97. The van der Waals surface area contributed by atoms with Crippen LogP contribution in [0.1, 0.15) is 43.0 Å². The van der Waals surface area contributed by atoms with Crippen molar-refractivity contribution in [2.45, 2.75) is 44.2 Å². The summed E-state index contributed by atoms with van der Waals surface area (Å²) in [6.45, 7) is 0.441. The Hall–Kier alpha value is -1.36. The summed E-state index contributed by atoms with van der Waals surface area (Å²) in [5, 5.41) is 10.6. The summed E-state index contributed by atoms with van der Waals surface area (Å²) in [5.41, 5.74) is 2.46. The first-order valence-corrected chi connectivity index (χ1v) is 6.77. The van der Waals surface area contributed by atoms with Gasteiger partial charge in [-0.25, -0.2) is 0 Å². The van der Waals surface area contributed by atoms with E-state index >= 15 is 0 Å². The minimum Gasteiger partial charge on any atom is -0.348 e. The van der Waals surface area contributed by atoms with Crippen LogP contribution >= 0.6 is 0 Å². The Labute approximate surface area is 107 Å². The Kier molecular flexibility index (Phi) is 3.07. The molecule has 2 N–H and O–H groups in total. The molecule has 1 atom stereocenters. The van der Waals surface area contributed by atoms with E-state index in [2.05, 4.69) is 15.7 Å². The van der Waals surface area contributed by atoms with Crippen molar-refractivity contribution < 1.29 is 4.79 Å². The third-order valence-corrected chi connectivity index (χ3v) is 3.84. The number of hydrogen-bond acceptors (Lipinski definition) is 3. The second kappa shape index (κ2) is 4.72. The lowest BCUT2D eigenvalue weighted by atomic mass is 9.93. The van der Waals surface area contributed by atoms with E-state index < -0.39 is 0 Å². The standard InChI is InChI=1S/C13H20N4O/c1-17-12-4-2-3-11(10(12)7-15-17)16-13(18)8-14-9-5-6-9/h7,9,11,14H,2-6,8H2,1H3,(H,16,18). The summed E-state index contributed by atoms with van der Waals surface area (Å²) in [5.74, 6) is 0.101. The van der Waals surface area contributed by atoms with Crippen LogP contribution in [-0.4, -0.2) is 28.3 Å². The third kappa shape index (κ3) is 2.41. The zero-order valence-corrected chi connectivity index (χ0v) is 10.8. The summed E-state index contributed by atoms with van der Waals surface area (Å²) in [6.07, 6.45) is 7.53. The number of nitrogens with one attached hydrogen (secondary N) is 2. The lowest BCUT2D eigenvalue weighted by Gasteiger charge is -2.23. The SMILES string of the molecule is Cn1ncc2c1CCCC2NC(=O)CNC1CC1. The maximum atomic E-state index is 11.9. The molecule has 1 fully saturated rings. The van der Waals surface area contributed by atoms with Gasteiger partial charge in [-0.3, -0.25) is 9.48 Å². The highest BCUT2D eigenvalue weighted by Gasteiger charge is 2.26. The maximum absolute atomic E-state index is 11.9. The molecule has 0 spiro atoms. The van der Waals surface area contributed by atoms with Crippen molar-refractivity contribution in [2.24, 2.45) is 7.05 Å². The number of aryl methyl sites for hydroxylation is 1. The molecule has 98 valence electrons. The molecule has 1 amide bonds. The van der Waals surface area contributed by atoms with Gasteiger partial charge in [-0.1, -0.05) is 0 Å². The van der Waals surface area contributed by atoms with Gasteiger partial charge >= 0.3 is 0 Å². The van der Waals surface area contributed by atoms with Crippen LogP contribution < -0.4 is 10.6 Å². The molecule has 2 aliphatic rings. The molecule has 0 saturated heterocycles. The van der Waals surface area contributed by atoms with Gasteiger partial charge in [0.2, 0.25) is 5.91 Å². The molecule has 0 radical (unpaired) electrons. The number of carbonyl (C=O) groups is 1. The fourth-order valence-electron chi connectivity index (χ4n) is 2.63. The number of rotatable bonds is 4. The average Bonchev–Trinajstić information content (AvgIpc) is 3.12. The fourth-order valence-corrected chi connectivity index (χ4v) is 2.63. The molecule has 5 heteroatoms. The van der Waals surface area contributed by atoms with Crippen LogP contribution in [0, 0.1) is 0 Å². The highest BCUT2D eigenvalue weighted by atomic mass is 16.2. The highest BCUT2D eigenvalue weighted by Crippen LogP contribution is 2.28. The zero-order valence-electron chi connectivity index (χ0n) is 10.8. The van der Waals surface area contributed by atoms with Crippen molar-refractivity contribution in [3.8, 4) is 0 Å². The van der Waals surface area contributed by atoms with Crippen molar-refractivity contribution >= 4 is 5.91 Å². The number of fused-ring (bicyclic) bond motifs is 1. The molecule has 1 aromatic heterocycles. The van der Waals surface area contributed by atoms with E-state index in [-0.39, 0.29) is 11.9 Å². The van der Waals surface area contributed by atoms with Crippen molar-refractivity contribution in [1.82, 2.24) is 20.4 Å². The molecule has 1 saturated carbocycles. The van der Waals surface area contributed by atoms with E-state index in [9.17, 15) is 4.79 Å². The van der Waals surface area contributed by atoms with E-state index in [4.69, 9.17) is 0 Å². The van der Waals surface area contributed by atoms with E-state index in [1.807, 2.05) is 17.9 Å². The van der Waals surface area contributed by atoms with Crippen molar-refractivity contribution in [1.29, 1.82) is 0 Å². The van der Waals surface area contributed by atoms with E-state index in [0.29, 0.717) is 12.6 Å². The van der Waals surface area contributed by atoms with Crippen LogP contribution in [0.15, 0.2) is 6.20 Å². The van der Waals surface area contributed by atoms with Gasteiger partial charge in [0.05, 0.1) is 18.8 Å². The lowest BCUT2D eigenvalue weighted by Crippen LogP contribution is -2.38. The number of amides is 1. The Morgan fingerprint density at radius 1 is 1.50 bits per heavy atom. The van der Waals surface area contributed by atoms with Crippen LogP contribution in [-0.2, 0) is 18.3 Å². The molecular weight excluding hydrogens is 228 g/mol. The summed E-state index contributed by atoms with van der Waals surface area (Å²) < 4.78 is 1.93. The number of hydrogen-bond donors (Lipinski definition) is 2. The first-order chi connectivity index (χ1) is 8.74. The molecule has 1 unspecified atom stereocenters. The van der Waals surface area contributed by atoms with Gasteiger partial charge in [-0.2, -0.15) is 5.10 Å². The Balaban J connectivity index is 1.60. The zero-order chi connectivity index (χ0) is 12.5. The van der Waals surface area contributed by atoms with Crippen LogP contribution in [0.3, 0.4) is 0 Å². The van der Waals surface area contributed by atoms with Crippen LogP contribution in [0.25, 0.3) is 0 Å². The molecular formula is C13H20N4O.